The standard InChI is InChI=1S/C25H20IN3O5/c1-16-3-5-17(6-4-16)15-34-24-22(26)12-18(13-23(24)33-2)11-19(14-27)25(30)28-20-7-9-21(10-8-20)29(31)32/h3-13H,15H2,1-2H3,(H,28,30)/b19-11+. The molecule has 0 fully saturated rings. The van der Waals surface area contributed by atoms with Crippen LogP contribution in [0.25, 0.3) is 6.08 Å². The Bertz CT molecular complexity index is 1280. The normalized spacial score (nSPS) is 10.8. The highest BCUT2D eigenvalue weighted by atomic mass is 127. The van der Waals surface area contributed by atoms with E-state index in [1.165, 1.54) is 37.5 Å². The summed E-state index contributed by atoms with van der Waals surface area (Å²) in [4.78, 5) is 22.8. The number of nitrogens with one attached hydrogen (secondary N) is 1. The second-order valence-corrected chi connectivity index (χ2v) is 8.40. The quantitative estimate of drug-likeness (QED) is 0.124. The molecule has 3 aromatic rings. The SMILES string of the molecule is COc1cc(/C=C(\C#N)C(=O)Nc2ccc([N+](=O)[O-])cc2)cc(I)c1OCc1ccc(C)cc1. The van der Waals surface area contributed by atoms with Gasteiger partial charge in [-0.25, -0.2) is 0 Å². The van der Waals surface area contributed by atoms with Crippen LogP contribution < -0.4 is 14.8 Å². The van der Waals surface area contributed by atoms with Crippen LogP contribution in [0.5, 0.6) is 11.5 Å². The van der Waals surface area contributed by atoms with Crippen LogP contribution in [0.1, 0.15) is 16.7 Å². The van der Waals surface area contributed by atoms with Crippen molar-refractivity contribution in [2.75, 3.05) is 12.4 Å². The van der Waals surface area contributed by atoms with Gasteiger partial charge in [0.25, 0.3) is 11.6 Å². The summed E-state index contributed by atoms with van der Waals surface area (Å²) in [7, 11) is 1.52. The molecule has 0 saturated heterocycles. The van der Waals surface area contributed by atoms with Crippen molar-refractivity contribution in [2.45, 2.75) is 13.5 Å². The zero-order chi connectivity index (χ0) is 24.7. The maximum Gasteiger partial charge on any atom is 0.269 e. The van der Waals surface area contributed by atoms with Crippen LogP contribution in [-0.4, -0.2) is 17.9 Å². The average Bonchev–Trinajstić information content (AvgIpc) is 2.82. The second kappa shape index (κ2) is 11.3. The van der Waals surface area contributed by atoms with Gasteiger partial charge >= 0.3 is 0 Å². The highest BCUT2D eigenvalue weighted by molar-refractivity contribution is 14.1. The summed E-state index contributed by atoms with van der Waals surface area (Å²) in [6, 6.07) is 18.7. The van der Waals surface area contributed by atoms with E-state index in [0.717, 1.165) is 14.7 Å². The van der Waals surface area contributed by atoms with Crippen LogP contribution in [0.3, 0.4) is 0 Å². The van der Waals surface area contributed by atoms with Gasteiger partial charge in [-0.05, 0) is 71.0 Å². The largest absolute Gasteiger partial charge is 0.493 e. The molecule has 0 saturated carbocycles. The van der Waals surface area contributed by atoms with Gasteiger partial charge in [-0.15, -0.1) is 0 Å². The lowest BCUT2D eigenvalue weighted by Crippen LogP contribution is -2.13. The van der Waals surface area contributed by atoms with Crippen LogP contribution in [-0.2, 0) is 11.4 Å². The molecule has 1 N–H and O–H groups in total. The fourth-order valence-corrected chi connectivity index (χ4v) is 3.76. The first-order valence-corrected chi connectivity index (χ1v) is 11.1. The number of nitrogens with zero attached hydrogens (tertiary/aromatic N) is 2. The van der Waals surface area contributed by atoms with Gasteiger partial charge in [0.2, 0.25) is 0 Å². The molecule has 0 bridgehead atoms. The van der Waals surface area contributed by atoms with E-state index in [0.29, 0.717) is 29.4 Å². The molecule has 0 aliphatic rings. The van der Waals surface area contributed by atoms with Gasteiger partial charge in [0.05, 0.1) is 15.6 Å². The Labute approximate surface area is 210 Å². The third kappa shape index (κ3) is 6.32. The molecule has 0 aliphatic carbocycles. The number of amides is 1. The Morgan fingerprint density at radius 3 is 2.44 bits per heavy atom. The summed E-state index contributed by atoms with van der Waals surface area (Å²) in [5.74, 6) is 0.401. The van der Waals surface area contributed by atoms with Crippen molar-refractivity contribution >= 4 is 45.9 Å². The molecule has 9 heteroatoms. The van der Waals surface area contributed by atoms with Gasteiger partial charge in [-0.3, -0.25) is 14.9 Å². The molecular formula is C25H20IN3O5. The van der Waals surface area contributed by atoms with E-state index >= 15 is 0 Å². The number of halogens is 1. The Morgan fingerprint density at radius 2 is 1.85 bits per heavy atom. The highest BCUT2D eigenvalue weighted by Crippen LogP contribution is 2.35. The number of ether oxygens (including phenoxy) is 2. The minimum absolute atomic E-state index is 0.0968. The van der Waals surface area contributed by atoms with E-state index < -0.39 is 10.8 Å². The van der Waals surface area contributed by atoms with Gasteiger partial charge in [0.1, 0.15) is 18.2 Å². The minimum Gasteiger partial charge on any atom is -0.493 e. The number of nitro groups is 1. The van der Waals surface area contributed by atoms with Crippen LogP contribution in [0.15, 0.2) is 66.2 Å². The zero-order valence-corrected chi connectivity index (χ0v) is 20.5. The summed E-state index contributed by atoms with van der Waals surface area (Å²) in [5, 5.41) is 22.8. The molecule has 0 unspecified atom stereocenters. The Morgan fingerprint density at radius 1 is 1.18 bits per heavy atom. The average molecular weight is 569 g/mol. The smallest absolute Gasteiger partial charge is 0.269 e. The van der Waals surface area contributed by atoms with Crippen LogP contribution in [0.2, 0.25) is 0 Å². The van der Waals surface area contributed by atoms with Gasteiger partial charge in [-0.2, -0.15) is 5.26 Å². The van der Waals surface area contributed by atoms with Crippen LogP contribution in [0, 0.1) is 31.9 Å². The maximum atomic E-state index is 12.6. The number of nitro benzene ring substituents is 1. The minimum atomic E-state index is -0.634. The van der Waals surface area contributed by atoms with Crippen molar-refractivity contribution < 1.29 is 19.2 Å². The number of non-ortho nitro benzene ring substituents is 1. The summed E-state index contributed by atoms with van der Waals surface area (Å²) in [5.41, 5.74) is 2.87. The van der Waals surface area contributed by atoms with Crippen molar-refractivity contribution in [2.24, 2.45) is 0 Å². The number of anilines is 1. The first-order chi connectivity index (χ1) is 16.3. The molecule has 3 rings (SSSR count). The zero-order valence-electron chi connectivity index (χ0n) is 18.4. The molecule has 172 valence electrons. The number of rotatable bonds is 8. The Hall–Kier alpha value is -3.91. The maximum absolute atomic E-state index is 12.6. The molecule has 3 aromatic carbocycles. The van der Waals surface area contributed by atoms with Gasteiger partial charge in [0, 0.05) is 17.8 Å². The van der Waals surface area contributed by atoms with Crippen LogP contribution >= 0.6 is 22.6 Å². The molecule has 0 atom stereocenters. The van der Waals surface area contributed by atoms with Crippen molar-refractivity contribution in [3.8, 4) is 17.6 Å². The molecule has 0 aliphatic heterocycles. The number of aryl methyl sites for hydroxylation is 1. The molecule has 1 amide bonds. The predicted octanol–water partition coefficient (Wildman–Crippen LogP) is 5.64. The molecular weight excluding hydrogens is 549 g/mol. The van der Waals surface area contributed by atoms with Gasteiger partial charge < -0.3 is 14.8 Å². The van der Waals surface area contributed by atoms with Crippen molar-refractivity contribution in [1.82, 2.24) is 0 Å². The van der Waals surface area contributed by atoms with E-state index in [4.69, 9.17) is 9.47 Å². The first-order valence-electron chi connectivity index (χ1n) is 10.0. The van der Waals surface area contributed by atoms with Crippen molar-refractivity contribution in [3.63, 3.8) is 0 Å². The number of benzene rings is 3. The number of nitriles is 1. The number of hydrogen-bond acceptors (Lipinski definition) is 6. The van der Waals surface area contributed by atoms with Gasteiger partial charge in [-0.1, -0.05) is 29.8 Å². The van der Waals surface area contributed by atoms with Crippen molar-refractivity contribution in [1.29, 1.82) is 5.26 Å². The number of hydrogen-bond donors (Lipinski definition) is 1. The third-order valence-corrected chi connectivity index (χ3v) is 5.57. The fraction of sp³-hybridized carbons (Fsp3) is 0.120. The molecule has 0 heterocycles. The summed E-state index contributed by atoms with van der Waals surface area (Å²) < 4.78 is 12.2. The fourth-order valence-electron chi connectivity index (χ4n) is 2.98. The van der Waals surface area contributed by atoms with E-state index in [2.05, 4.69) is 27.9 Å². The molecule has 8 nitrogen and oxygen atoms in total. The topological polar surface area (TPSA) is 114 Å². The Balaban J connectivity index is 1.78. The monoisotopic (exact) mass is 569 g/mol. The summed E-state index contributed by atoms with van der Waals surface area (Å²) >= 11 is 2.11. The molecule has 0 spiro atoms. The van der Waals surface area contributed by atoms with Crippen molar-refractivity contribution in [3.05, 3.63) is 96.6 Å². The first kappa shape index (κ1) is 24.7. The lowest BCUT2D eigenvalue weighted by atomic mass is 10.1. The number of carbonyl (C=O) groups is 1. The van der Waals surface area contributed by atoms with E-state index in [9.17, 15) is 20.2 Å². The number of carbonyl (C=O) groups excluding carboxylic acids is 1. The van der Waals surface area contributed by atoms with E-state index in [1.807, 2.05) is 37.3 Å². The summed E-state index contributed by atoms with van der Waals surface area (Å²) in [6.45, 7) is 2.38. The Kier molecular flexibility index (Phi) is 8.21. The van der Waals surface area contributed by atoms with E-state index in [-0.39, 0.29) is 11.3 Å². The highest BCUT2D eigenvalue weighted by Gasteiger charge is 2.15. The number of methoxy groups -OCH3 is 1. The lowest BCUT2D eigenvalue weighted by molar-refractivity contribution is -0.384. The van der Waals surface area contributed by atoms with Gasteiger partial charge in [0.15, 0.2) is 11.5 Å². The second-order valence-electron chi connectivity index (χ2n) is 7.24. The molecule has 0 radical (unpaired) electrons. The van der Waals surface area contributed by atoms with Crippen LogP contribution in [0.4, 0.5) is 11.4 Å². The molecule has 0 aromatic heterocycles. The predicted molar refractivity (Wildman–Crippen MR) is 137 cm³/mol. The lowest BCUT2D eigenvalue weighted by Gasteiger charge is -2.14. The summed E-state index contributed by atoms with van der Waals surface area (Å²) in [6.07, 6.45) is 1.44. The molecule has 34 heavy (non-hydrogen) atoms. The third-order valence-electron chi connectivity index (χ3n) is 4.77. The van der Waals surface area contributed by atoms with E-state index in [1.54, 1.807) is 12.1 Å².